The minimum Gasteiger partial charge on any atom is -0.357 e. The minimum absolute atomic E-state index is 0.257. The van der Waals surface area contributed by atoms with Crippen LogP contribution in [0.1, 0.15) is 18.9 Å². The average molecular weight is 259 g/mol. The summed E-state index contributed by atoms with van der Waals surface area (Å²) in [6.45, 7) is 4.18. The molecule has 0 spiro atoms. The van der Waals surface area contributed by atoms with E-state index < -0.39 is 0 Å². The Kier molecular flexibility index (Phi) is 2.52. The third kappa shape index (κ3) is 1.84. The fourth-order valence-electron chi connectivity index (χ4n) is 1.84. The van der Waals surface area contributed by atoms with E-state index in [4.69, 9.17) is 0 Å². The maximum absolute atomic E-state index is 4.38. The predicted molar refractivity (Wildman–Crippen MR) is 71.7 cm³/mol. The molecule has 0 saturated heterocycles. The van der Waals surface area contributed by atoms with E-state index in [2.05, 4.69) is 34.2 Å². The number of anilines is 1. The Morgan fingerprint density at radius 1 is 1.22 bits per heavy atom. The van der Waals surface area contributed by atoms with E-state index in [9.17, 15) is 0 Å². The number of hydrogen-bond acceptors (Lipinski definition) is 5. The lowest BCUT2D eigenvalue weighted by Gasteiger charge is -2.24. The molecule has 0 bridgehead atoms. The van der Waals surface area contributed by atoms with Gasteiger partial charge in [-0.25, -0.2) is 14.5 Å². The second kappa shape index (κ2) is 4.06. The molecule has 0 atom stereocenters. The minimum atomic E-state index is -0.257. The highest BCUT2D eigenvalue weighted by atomic mass is 32.1. The van der Waals surface area contributed by atoms with Crippen molar-refractivity contribution in [2.45, 2.75) is 19.4 Å². The van der Waals surface area contributed by atoms with Crippen LogP contribution in [0.5, 0.6) is 0 Å². The van der Waals surface area contributed by atoms with E-state index in [1.165, 1.54) is 0 Å². The van der Waals surface area contributed by atoms with Crippen LogP contribution >= 0.6 is 11.3 Å². The standard InChI is InChI=1S/C12H13N5S/c1-12(2,11-14-6-8-18-11)16-10-9-3-4-15-17(9)7-5-13-10/h3-8H,1-2H3,(H,13,16). The first-order valence-corrected chi connectivity index (χ1v) is 6.51. The van der Waals surface area contributed by atoms with Crippen LogP contribution in [0.3, 0.4) is 0 Å². The number of aromatic nitrogens is 4. The van der Waals surface area contributed by atoms with Gasteiger partial charge in [-0.15, -0.1) is 11.3 Å². The zero-order chi connectivity index (χ0) is 12.6. The molecule has 0 aromatic carbocycles. The third-order valence-electron chi connectivity index (χ3n) is 2.72. The van der Waals surface area contributed by atoms with Crippen molar-refractivity contribution in [2.24, 2.45) is 0 Å². The van der Waals surface area contributed by atoms with Gasteiger partial charge in [0, 0.05) is 24.0 Å². The van der Waals surface area contributed by atoms with Crippen LogP contribution in [0.25, 0.3) is 5.52 Å². The third-order valence-corrected chi connectivity index (χ3v) is 3.82. The first-order chi connectivity index (χ1) is 8.67. The number of nitrogens with zero attached hydrogens (tertiary/aromatic N) is 4. The quantitative estimate of drug-likeness (QED) is 0.785. The molecule has 0 aliphatic heterocycles. The zero-order valence-electron chi connectivity index (χ0n) is 10.2. The molecule has 3 aromatic rings. The molecule has 3 rings (SSSR count). The summed E-state index contributed by atoms with van der Waals surface area (Å²) in [4.78, 5) is 8.74. The summed E-state index contributed by atoms with van der Waals surface area (Å²) in [5, 5.41) is 10.6. The fourth-order valence-corrected chi connectivity index (χ4v) is 2.55. The van der Waals surface area contributed by atoms with Gasteiger partial charge in [-0.1, -0.05) is 0 Å². The lowest BCUT2D eigenvalue weighted by molar-refractivity contribution is 0.601. The lowest BCUT2D eigenvalue weighted by Crippen LogP contribution is -2.28. The first-order valence-electron chi connectivity index (χ1n) is 5.63. The maximum Gasteiger partial charge on any atom is 0.152 e. The Morgan fingerprint density at radius 2 is 2.11 bits per heavy atom. The summed E-state index contributed by atoms with van der Waals surface area (Å²) in [6, 6.07) is 1.94. The predicted octanol–water partition coefficient (Wildman–Crippen LogP) is 2.53. The van der Waals surface area contributed by atoms with Crippen molar-refractivity contribution in [2.75, 3.05) is 5.32 Å². The van der Waals surface area contributed by atoms with Gasteiger partial charge in [0.15, 0.2) is 5.82 Å². The van der Waals surface area contributed by atoms with Crippen LogP contribution in [0.2, 0.25) is 0 Å². The highest BCUT2D eigenvalue weighted by Crippen LogP contribution is 2.27. The Bertz CT molecular complexity index is 656. The molecule has 0 radical (unpaired) electrons. The van der Waals surface area contributed by atoms with E-state index in [0.717, 1.165) is 16.3 Å². The topological polar surface area (TPSA) is 55.1 Å². The number of fused-ring (bicyclic) bond motifs is 1. The molecule has 0 amide bonds. The molecule has 92 valence electrons. The molecule has 0 aliphatic carbocycles. The molecule has 6 heteroatoms. The summed E-state index contributed by atoms with van der Waals surface area (Å²) in [5.41, 5.74) is 0.704. The normalized spacial score (nSPS) is 11.9. The van der Waals surface area contributed by atoms with Crippen LogP contribution in [0.15, 0.2) is 36.2 Å². The fraction of sp³-hybridized carbons (Fsp3) is 0.250. The average Bonchev–Trinajstić information content (AvgIpc) is 3.00. The van der Waals surface area contributed by atoms with E-state index in [1.54, 1.807) is 28.2 Å². The van der Waals surface area contributed by atoms with Crippen molar-refractivity contribution in [3.8, 4) is 0 Å². The van der Waals surface area contributed by atoms with Crippen LogP contribution in [-0.2, 0) is 5.54 Å². The van der Waals surface area contributed by atoms with Crippen molar-refractivity contribution < 1.29 is 0 Å². The van der Waals surface area contributed by atoms with Crippen LogP contribution in [0.4, 0.5) is 5.82 Å². The molecule has 0 unspecified atom stereocenters. The largest absolute Gasteiger partial charge is 0.357 e. The Hall–Kier alpha value is -1.95. The van der Waals surface area contributed by atoms with Crippen molar-refractivity contribution in [1.29, 1.82) is 0 Å². The summed E-state index contributed by atoms with van der Waals surface area (Å²) in [7, 11) is 0. The molecular weight excluding hydrogens is 246 g/mol. The van der Waals surface area contributed by atoms with Crippen LogP contribution in [0, 0.1) is 0 Å². The van der Waals surface area contributed by atoms with Crippen molar-refractivity contribution in [3.05, 3.63) is 41.2 Å². The van der Waals surface area contributed by atoms with Gasteiger partial charge in [0.25, 0.3) is 0 Å². The van der Waals surface area contributed by atoms with Crippen molar-refractivity contribution >= 4 is 22.7 Å². The van der Waals surface area contributed by atoms with Gasteiger partial charge in [-0.05, 0) is 19.9 Å². The van der Waals surface area contributed by atoms with Gasteiger partial charge in [0.1, 0.15) is 10.5 Å². The highest BCUT2D eigenvalue weighted by molar-refractivity contribution is 7.09. The summed E-state index contributed by atoms with van der Waals surface area (Å²) in [5.74, 6) is 0.815. The van der Waals surface area contributed by atoms with Crippen LogP contribution < -0.4 is 5.32 Å². The maximum atomic E-state index is 4.38. The van der Waals surface area contributed by atoms with Gasteiger partial charge in [-0.2, -0.15) is 5.10 Å². The van der Waals surface area contributed by atoms with E-state index >= 15 is 0 Å². The summed E-state index contributed by atoms with van der Waals surface area (Å²) >= 11 is 1.63. The monoisotopic (exact) mass is 259 g/mol. The van der Waals surface area contributed by atoms with Gasteiger partial charge in [0.05, 0.1) is 11.7 Å². The van der Waals surface area contributed by atoms with E-state index in [0.29, 0.717) is 0 Å². The number of thiazole rings is 1. The van der Waals surface area contributed by atoms with Crippen molar-refractivity contribution in [3.63, 3.8) is 0 Å². The Morgan fingerprint density at radius 3 is 2.89 bits per heavy atom. The van der Waals surface area contributed by atoms with E-state index in [1.807, 2.05) is 23.8 Å². The highest BCUT2D eigenvalue weighted by Gasteiger charge is 2.24. The molecule has 0 aliphatic rings. The van der Waals surface area contributed by atoms with Crippen LogP contribution in [-0.4, -0.2) is 19.6 Å². The van der Waals surface area contributed by atoms with E-state index in [-0.39, 0.29) is 5.54 Å². The lowest BCUT2D eigenvalue weighted by atomic mass is 10.1. The van der Waals surface area contributed by atoms with Crippen molar-refractivity contribution in [1.82, 2.24) is 19.6 Å². The summed E-state index contributed by atoms with van der Waals surface area (Å²) in [6.07, 6.45) is 7.14. The molecular formula is C12H13N5S. The molecule has 18 heavy (non-hydrogen) atoms. The zero-order valence-corrected chi connectivity index (χ0v) is 11.0. The SMILES string of the molecule is CC(C)(Nc1nccn2nccc12)c1nccs1. The number of nitrogens with one attached hydrogen (secondary N) is 1. The first kappa shape index (κ1) is 11.2. The molecule has 0 saturated carbocycles. The molecule has 3 aromatic heterocycles. The molecule has 3 heterocycles. The Labute approximate surface area is 109 Å². The second-order valence-electron chi connectivity index (χ2n) is 4.52. The molecule has 0 fully saturated rings. The summed E-state index contributed by atoms with van der Waals surface area (Å²) < 4.78 is 1.80. The van der Waals surface area contributed by atoms with Gasteiger partial charge >= 0.3 is 0 Å². The van der Waals surface area contributed by atoms with Gasteiger partial charge < -0.3 is 5.32 Å². The van der Waals surface area contributed by atoms with Gasteiger partial charge in [0.2, 0.25) is 0 Å². The van der Waals surface area contributed by atoms with Gasteiger partial charge in [-0.3, -0.25) is 0 Å². The smallest absolute Gasteiger partial charge is 0.152 e. The number of rotatable bonds is 3. The second-order valence-corrected chi connectivity index (χ2v) is 5.42. The number of hydrogen-bond donors (Lipinski definition) is 1. The molecule has 5 nitrogen and oxygen atoms in total. The Balaban J connectivity index is 1.99. The molecule has 1 N–H and O–H groups in total.